The Bertz CT molecular complexity index is 286. The third kappa shape index (κ3) is 2.70. The van der Waals surface area contributed by atoms with Crippen molar-refractivity contribution in [2.24, 2.45) is 11.8 Å². The average Bonchev–Trinajstić information content (AvgIpc) is 3.03. The van der Waals surface area contributed by atoms with Gasteiger partial charge in [-0.1, -0.05) is 6.92 Å². The lowest BCUT2D eigenvalue weighted by molar-refractivity contribution is -0.156. The van der Waals surface area contributed by atoms with Crippen molar-refractivity contribution in [1.29, 1.82) is 0 Å². The Balaban J connectivity index is 1.72. The molecule has 0 saturated heterocycles. The van der Waals surface area contributed by atoms with Gasteiger partial charge in [-0.2, -0.15) is 0 Å². The summed E-state index contributed by atoms with van der Waals surface area (Å²) >= 11 is 0. The second kappa shape index (κ2) is 3.83. The third-order valence-corrected chi connectivity index (χ3v) is 3.00. The molecule has 0 bridgehead atoms. The Hall–Kier alpha value is -1.06. The van der Waals surface area contributed by atoms with E-state index in [1.165, 1.54) is 0 Å². The van der Waals surface area contributed by atoms with Gasteiger partial charge in [-0.3, -0.25) is 9.59 Å². The Morgan fingerprint density at radius 3 is 2.47 bits per heavy atom. The van der Waals surface area contributed by atoms with Gasteiger partial charge in [0.1, 0.15) is 0 Å². The standard InChI is InChI=1S/C11H17NO3/c1-6-5-9(6)11(14)15-7(2)10(13)12-8-3-4-8/h6-9H,3-5H2,1-2H3,(H,12,13)/t6-,7-,9-/m0/s1. The molecule has 0 heterocycles. The highest BCUT2D eigenvalue weighted by Gasteiger charge is 2.41. The Labute approximate surface area is 89.4 Å². The quantitative estimate of drug-likeness (QED) is 0.701. The van der Waals surface area contributed by atoms with Gasteiger partial charge in [-0.15, -0.1) is 0 Å². The van der Waals surface area contributed by atoms with E-state index in [0.29, 0.717) is 12.0 Å². The molecule has 0 aromatic heterocycles. The molecule has 2 rings (SSSR count). The van der Waals surface area contributed by atoms with E-state index in [1.807, 2.05) is 6.92 Å². The molecule has 0 spiro atoms. The van der Waals surface area contributed by atoms with Crippen molar-refractivity contribution < 1.29 is 14.3 Å². The first-order valence-electron chi connectivity index (χ1n) is 5.59. The van der Waals surface area contributed by atoms with Crippen molar-refractivity contribution in [3.63, 3.8) is 0 Å². The summed E-state index contributed by atoms with van der Waals surface area (Å²) in [6.07, 6.45) is 2.35. The summed E-state index contributed by atoms with van der Waals surface area (Å²) in [6, 6.07) is 0.318. The maximum Gasteiger partial charge on any atom is 0.309 e. The molecule has 4 nitrogen and oxygen atoms in total. The van der Waals surface area contributed by atoms with Crippen LogP contribution in [0.25, 0.3) is 0 Å². The van der Waals surface area contributed by atoms with E-state index in [0.717, 1.165) is 19.3 Å². The van der Waals surface area contributed by atoms with Crippen molar-refractivity contribution >= 4 is 11.9 Å². The first-order valence-corrected chi connectivity index (χ1v) is 5.59. The van der Waals surface area contributed by atoms with Crippen molar-refractivity contribution in [2.45, 2.75) is 45.3 Å². The van der Waals surface area contributed by atoms with Gasteiger partial charge >= 0.3 is 5.97 Å². The topological polar surface area (TPSA) is 55.4 Å². The molecule has 2 saturated carbocycles. The fraction of sp³-hybridized carbons (Fsp3) is 0.818. The van der Waals surface area contributed by atoms with Gasteiger partial charge in [0.05, 0.1) is 5.92 Å². The molecule has 2 aliphatic rings. The number of esters is 1. The van der Waals surface area contributed by atoms with Crippen LogP contribution in [0.4, 0.5) is 0 Å². The second-order valence-corrected chi connectivity index (χ2v) is 4.68. The summed E-state index contributed by atoms with van der Waals surface area (Å²) < 4.78 is 5.08. The van der Waals surface area contributed by atoms with E-state index in [4.69, 9.17) is 4.74 Å². The van der Waals surface area contributed by atoms with Gasteiger partial charge < -0.3 is 10.1 Å². The van der Waals surface area contributed by atoms with E-state index in [-0.39, 0.29) is 17.8 Å². The number of nitrogens with one attached hydrogen (secondary N) is 1. The number of hydrogen-bond donors (Lipinski definition) is 1. The van der Waals surface area contributed by atoms with Crippen molar-refractivity contribution in [2.75, 3.05) is 0 Å². The van der Waals surface area contributed by atoms with Crippen LogP contribution in [0.3, 0.4) is 0 Å². The number of carbonyl (C=O) groups excluding carboxylic acids is 2. The van der Waals surface area contributed by atoms with Crippen LogP contribution in [0.15, 0.2) is 0 Å². The first-order chi connectivity index (χ1) is 7.08. The highest BCUT2D eigenvalue weighted by atomic mass is 16.5. The molecule has 0 aromatic rings. The zero-order valence-corrected chi connectivity index (χ0v) is 9.16. The number of carbonyl (C=O) groups is 2. The molecule has 1 amide bonds. The minimum absolute atomic E-state index is 0.0289. The molecule has 1 N–H and O–H groups in total. The minimum atomic E-state index is -0.647. The molecule has 2 aliphatic carbocycles. The average molecular weight is 211 g/mol. The highest BCUT2D eigenvalue weighted by Crippen LogP contribution is 2.38. The molecule has 0 unspecified atom stereocenters. The normalized spacial score (nSPS) is 30.5. The number of amides is 1. The van der Waals surface area contributed by atoms with Crippen LogP contribution in [-0.4, -0.2) is 24.0 Å². The molecule has 0 radical (unpaired) electrons. The zero-order chi connectivity index (χ0) is 11.0. The van der Waals surface area contributed by atoms with Crippen LogP contribution in [0.5, 0.6) is 0 Å². The van der Waals surface area contributed by atoms with Gasteiger partial charge in [0.2, 0.25) is 0 Å². The molecule has 0 aromatic carbocycles. The molecule has 4 heteroatoms. The van der Waals surface area contributed by atoms with Gasteiger partial charge in [-0.25, -0.2) is 0 Å². The van der Waals surface area contributed by atoms with Gasteiger partial charge in [-0.05, 0) is 32.1 Å². The van der Waals surface area contributed by atoms with Crippen LogP contribution in [0.1, 0.15) is 33.1 Å². The second-order valence-electron chi connectivity index (χ2n) is 4.68. The molecular formula is C11H17NO3. The summed E-state index contributed by atoms with van der Waals surface area (Å²) in [5.74, 6) is 0.0671. The molecular weight excluding hydrogens is 194 g/mol. The van der Waals surface area contributed by atoms with Crippen molar-refractivity contribution in [1.82, 2.24) is 5.32 Å². The molecule has 84 valence electrons. The van der Waals surface area contributed by atoms with Crippen LogP contribution >= 0.6 is 0 Å². The summed E-state index contributed by atoms with van der Waals surface area (Å²) in [5.41, 5.74) is 0. The maximum absolute atomic E-state index is 11.5. The minimum Gasteiger partial charge on any atom is -0.452 e. The number of ether oxygens (including phenoxy) is 1. The lowest BCUT2D eigenvalue weighted by atomic mass is 10.3. The maximum atomic E-state index is 11.5. The highest BCUT2D eigenvalue weighted by molar-refractivity contribution is 5.85. The monoisotopic (exact) mass is 211 g/mol. The molecule has 2 fully saturated rings. The SMILES string of the molecule is C[C@H](OC(=O)[C@H]1C[C@@H]1C)C(=O)NC1CC1. The van der Waals surface area contributed by atoms with Crippen molar-refractivity contribution in [3.8, 4) is 0 Å². The van der Waals surface area contributed by atoms with Crippen LogP contribution in [-0.2, 0) is 14.3 Å². The van der Waals surface area contributed by atoms with E-state index in [1.54, 1.807) is 6.92 Å². The lowest BCUT2D eigenvalue weighted by Crippen LogP contribution is -2.37. The fourth-order valence-electron chi connectivity index (χ4n) is 1.51. The van der Waals surface area contributed by atoms with E-state index in [9.17, 15) is 9.59 Å². The lowest BCUT2D eigenvalue weighted by Gasteiger charge is -2.12. The largest absolute Gasteiger partial charge is 0.452 e. The van der Waals surface area contributed by atoms with E-state index < -0.39 is 6.10 Å². The van der Waals surface area contributed by atoms with Gasteiger partial charge in [0.15, 0.2) is 6.10 Å². The number of rotatable bonds is 4. The summed E-state index contributed by atoms with van der Waals surface area (Å²) in [6.45, 7) is 3.64. The van der Waals surface area contributed by atoms with Crippen LogP contribution in [0.2, 0.25) is 0 Å². The summed E-state index contributed by atoms with van der Waals surface area (Å²) in [4.78, 5) is 22.9. The Kier molecular flexibility index (Phi) is 2.67. The Morgan fingerprint density at radius 2 is 2.00 bits per heavy atom. The molecule has 15 heavy (non-hydrogen) atoms. The van der Waals surface area contributed by atoms with E-state index >= 15 is 0 Å². The van der Waals surface area contributed by atoms with Crippen LogP contribution in [0, 0.1) is 11.8 Å². The fourth-order valence-corrected chi connectivity index (χ4v) is 1.51. The predicted octanol–water partition coefficient (Wildman–Crippen LogP) is 0.853. The smallest absolute Gasteiger partial charge is 0.309 e. The third-order valence-electron chi connectivity index (χ3n) is 3.00. The van der Waals surface area contributed by atoms with E-state index in [2.05, 4.69) is 5.32 Å². The summed E-state index contributed by atoms with van der Waals surface area (Å²) in [7, 11) is 0. The molecule has 3 atom stereocenters. The van der Waals surface area contributed by atoms with Gasteiger partial charge in [0.25, 0.3) is 5.91 Å². The zero-order valence-electron chi connectivity index (χ0n) is 9.16. The summed E-state index contributed by atoms with van der Waals surface area (Å²) in [5, 5.41) is 2.81. The Morgan fingerprint density at radius 1 is 1.40 bits per heavy atom. The first kappa shape index (κ1) is 10.5. The number of hydrogen-bond acceptors (Lipinski definition) is 3. The predicted molar refractivity (Wildman–Crippen MR) is 54.0 cm³/mol. The van der Waals surface area contributed by atoms with Crippen molar-refractivity contribution in [3.05, 3.63) is 0 Å². The molecule has 0 aliphatic heterocycles. The van der Waals surface area contributed by atoms with Gasteiger partial charge in [0, 0.05) is 6.04 Å². The van der Waals surface area contributed by atoms with Crippen LogP contribution < -0.4 is 5.32 Å².